The van der Waals surface area contributed by atoms with E-state index in [1.54, 1.807) is 81.2 Å². The van der Waals surface area contributed by atoms with Crippen LogP contribution >= 0.6 is 0 Å². The second-order valence-electron chi connectivity index (χ2n) is 11.6. The van der Waals surface area contributed by atoms with Crippen molar-refractivity contribution in [3.63, 3.8) is 0 Å². The Morgan fingerprint density at radius 2 is 1.80 bits per heavy atom. The van der Waals surface area contributed by atoms with E-state index in [0.717, 1.165) is 0 Å². The molecule has 0 bridgehead atoms. The zero-order valence-corrected chi connectivity index (χ0v) is 24.5. The first-order valence-electron chi connectivity index (χ1n) is 13.9. The standard InChI is InChI=1S/C31H38F3N5O2/c1-7-21(3)17-23(31(32,33)34)27(24(8-2)37-19-22-9-10-25-26(18-22)36-14-13-35-25)38-15-16-39(30(20-38)11-12-30)28(40)41-29(4,5)6/h8-10,13-14,17-19H,7,11-12,15-16,20H2,1-6H3/b21-17+,24-8+,27-23-,37-19?. The molecule has 0 radical (unpaired) electrons. The zero-order valence-electron chi connectivity index (χ0n) is 24.5. The van der Waals surface area contributed by atoms with Gasteiger partial charge in [-0.1, -0.05) is 24.6 Å². The van der Waals surface area contributed by atoms with Crippen molar-refractivity contribution in [2.45, 2.75) is 78.1 Å². The lowest BCUT2D eigenvalue weighted by Gasteiger charge is -2.44. The van der Waals surface area contributed by atoms with Crippen molar-refractivity contribution >= 4 is 23.3 Å². The molecule has 2 aliphatic rings. The molecule has 1 aliphatic carbocycles. The lowest BCUT2D eigenvalue weighted by atomic mass is 10.0. The molecule has 4 rings (SSSR count). The first-order chi connectivity index (χ1) is 19.3. The second-order valence-corrected chi connectivity index (χ2v) is 11.6. The van der Waals surface area contributed by atoms with E-state index in [0.29, 0.717) is 41.4 Å². The fourth-order valence-electron chi connectivity index (χ4n) is 4.92. The van der Waals surface area contributed by atoms with Crippen LogP contribution in [0.4, 0.5) is 18.0 Å². The van der Waals surface area contributed by atoms with E-state index in [-0.39, 0.29) is 31.0 Å². The highest BCUT2D eigenvalue weighted by Gasteiger charge is 2.55. The third-order valence-electron chi connectivity index (χ3n) is 7.28. The summed E-state index contributed by atoms with van der Waals surface area (Å²) in [5, 5.41) is 0. The third kappa shape index (κ3) is 7.15. The number of aliphatic imine (C=N–C) groups is 1. The number of allylic oxidation sites excluding steroid dienone is 4. The summed E-state index contributed by atoms with van der Waals surface area (Å²) in [6.45, 7) is 11.4. The minimum atomic E-state index is -4.62. The van der Waals surface area contributed by atoms with Gasteiger partial charge in [0.2, 0.25) is 0 Å². The molecule has 220 valence electrons. The zero-order chi connectivity index (χ0) is 30.0. The van der Waals surface area contributed by atoms with Crippen molar-refractivity contribution in [1.29, 1.82) is 0 Å². The summed E-state index contributed by atoms with van der Waals surface area (Å²) >= 11 is 0. The first kappa shape index (κ1) is 30.3. The van der Waals surface area contributed by atoms with Gasteiger partial charge in [-0.25, -0.2) is 4.79 Å². The van der Waals surface area contributed by atoms with Crippen LogP contribution in [-0.2, 0) is 4.74 Å². The van der Waals surface area contributed by atoms with Crippen LogP contribution < -0.4 is 0 Å². The summed E-state index contributed by atoms with van der Waals surface area (Å²) in [5.41, 5.74) is 0.934. The second kappa shape index (κ2) is 11.7. The van der Waals surface area contributed by atoms with E-state index >= 15 is 0 Å². The number of alkyl halides is 3. The van der Waals surface area contributed by atoms with Crippen LogP contribution in [0, 0.1) is 0 Å². The maximum Gasteiger partial charge on any atom is 0.418 e. The molecular formula is C31H38F3N5O2. The van der Waals surface area contributed by atoms with Crippen LogP contribution in [0.15, 0.2) is 70.3 Å². The van der Waals surface area contributed by atoms with Crippen LogP contribution in [0.3, 0.4) is 0 Å². The van der Waals surface area contributed by atoms with E-state index in [2.05, 4.69) is 15.0 Å². The molecule has 1 aromatic heterocycles. The minimum absolute atomic E-state index is 0.0137. The van der Waals surface area contributed by atoms with Crippen molar-refractivity contribution in [3.8, 4) is 0 Å². The predicted octanol–water partition coefficient (Wildman–Crippen LogP) is 7.21. The Hall–Kier alpha value is -3.69. The molecule has 1 aromatic carbocycles. The minimum Gasteiger partial charge on any atom is -0.444 e. The van der Waals surface area contributed by atoms with Crippen LogP contribution in [0.1, 0.15) is 66.4 Å². The smallest absolute Gasteiger partial charge is 0.418 e. The SMILES string of the molecule is C\C=C(N=Cc1ccc2nccnc2c1)/C(=C(\C=C(/C)CC)C(F)(F)F)N1CCN(C(=O)OC(C)(C)C)C2(CC2)C1. The summed E-state index contributed by atoms with van der Waals surface area (Å²) in [6.07, 6.45) is 4.41. The number of carbonyl (C=O) groups excluding carboxylic acids is 1. The van der Waals surface area contributed by atoms with Crippen molar-refractivity contribution in [2.75, 3.05) is 19.6 Å². The normalized spacial score (nSPS) is 18.8. The van der Waals surface area contributed by atoms with Gasteiger partial charge in [0, 0.05) is 38.2 Å². The molecule has 1 spiro atoms. The molecular weight excluding hydrogens is 531 g/mol. The summed E-state index contributed by atoms with van der Waals surface area (Å²) in [5.74, 6) is 0. The molecule has 7 nitrogen and oxygen atoms in total. The summed E-state index contributed by atoms with van der Waals surface area (Å²) in [6, 6.07) is 5.41. The van der Waals surface area contributed by atoms with Gasteiger partial charge in [-0.05, 0) is 77.7 Å². The van der Waals surface area contributed by atoms with Gasteiger partial charge in [-0.2, -0.15) is 13.2 Å². The molecule has 1 aliphatic heterocycles. The number of benzene rings is 1. The lowest BCUT2D eigenvalue weighted by molar-refractivity contribution is -0.0907. The van der Waals surface area contributed by atoms with E-state index in [1.165, 1.54) is 6.08 Å². The van der Waals surface area contributed by atoms with Gasteiger partial charge in [-0.3, -0.25) is 19.9 Å². The Morgan fingerprint density at radius 1 is 1.12 bits per heavy atom. The van der Waals surface area contributed by atoms with E-state index in [9.17, 15) is 18.0 Å². The Bertz CT molecular complexity index is 1410. The van der Waals surface area contributed by atoms with E-state index < -0.39 is 29.0 Å². The lowest BCUT2D eigenvalue weighted by Crippen LogP contribution is -2.57. The van der Waals surface area contributed by atoms with Gasteiger partial charge in [-0.15, -0.1) is 0 Å². The van der Waals surface area contributed by atoms with Gasteiger partial charge >= 0.3 is 12.3 Å². The third-order valence-corrected chi connectivity index (χ3v) is 7.28. The number of piperazine rings is 1. The highest BCUT2D eigenvalue weighted by molar-refractivity contribution is 5.87. The number of carbonyl (C=O) groups is 1. The molecule has 2 fully saturated rings. The molecule has 1 amide bonds. The number of nitrogens with zero attached hydrogens (tertiary/aromatic N) is 5. The number of rotatable bonds is 6. The summed E-state index contributed by atoms with van der Waals surface area (Å²) in [4.78, 5) is 29.6. The van der Waals surface area contributed by atoms with Gasteiger partial charge in [0.25, 0.3) is 0 Å². The molecule has 0 atom stereocenters. The van der Waals surface area contributed by atoms with Crippen molar-refractivity contribution < 1.29 is 22.7 Å². The predicted molar refractivity (Wildman–Crippen MR) is 154 cm³/mol. The molecule has 2 heterocycles. The molecule has 0 unspecified atom stereocenters. The molecule has 0 N–H and O–H groups in total. The van der Waals surface area contributed by atoms with Gasteiger partial charge in [0.15, 0.2) is 0 Å². The highest BCUT2D eigenvalue weighted by atomic mass is 19.4. The Labute approximate surface area is 239 Å². The summed E-state index contributed by atoms with van der Waals surface area (Å²) < 4.78 is 49.9. The Kier molecular flexibility index (Phi) is 8.61. The largest absolute Gasteiger partial charge is 0.444 e. The van der Waals surface area contributed by atoms with Crippen molar-refractivity contribution in [3.05, 3.63) is 70.8 Å². The number of fused-ring (bicyclic) bond motifs is 1. The van der Waals surface area contributed by atoms with Gasteiger partial charge < -0.3 is 9.64 Å². The maximum atomic E-state index is 14.7. The fourth-order valence-corrected chi connectivity index (χ4v) is 4.92. The summed E-state index contributed by atoms with van der Waals surface area (Å²) in [7, 11) is 0. The number of halogens is 3. The maximum absolute atomic E-state index is 14.7. The molecule has 2 aromatic rings. The van der Waals surface area contributed by atoms with Crippen LogP contribution in [0.25, 0.3) is 11.0 Å². The van der Waals surface area contributed by atoms with Crippen LogP contribution in [0.5, 0.6) is 0 Å². The topological polar surface area (TPSA) is 70.9 Å². The number of hydrogen-bond donors (Lipinski definition) is 0. The van der Waals surface area contributed by atoms with E-state index in [1.807, 2.05) is 13.0 Å². The van der Waals surface area contributed by atoms with Crippen molar-refractivity contribution in [1.82, 2.24) is 19.8 Å². The average Bonchev–Trinajstić information content (AvgIpc) is 3.66. The Balaban J connectivity index is 1.75. The van der Waals surface area contributed by atoms with Crippen LogP contribution in [-0.4, -0.2) is 69.0 Å². The molecule has 1 saturated heterocycles. The highest BCUT2D eigenvalue weighted by Crippen LogP contribution is 2.47. The average molecular weight is 570 g/mol. The van der Waals surface area contributed by atoms with Crippen molar-refractivity contribution in [2.24, 2.45) is 4.99 Å². The monoisotopic (exact) mass is 569 g/mol. The van der Waals surface area contributed by atoms with E-state index in [4.69, 9.17) is 4.74 Å². The first-order valence-corrected chi connectivity index (χ1v) is 13.9. The number of aromatic nitrogens is 2. The molecule has 10 heteroatoms. The van der Waals surface area contributed by atoms with Crippen LogP contribution in [0.2, 0.25) is 0 Å². The molecule has 1 saturated carbocycles. The van der Waals surface area contributed by atoms with Gasteiger partial charge in [0.05, 0.1) is 33.5 Å². The Morgan fingerprint density at radius 3 is 2.39 bits per heavy atom. The quantitative estimate of drug-likeness (QED) is 0.272. The van der Waals surface area contributed by atoms with Gasteiger partial charge in [0.1, 0.15) is 5.60 Å². The number of amides is 1. The number of hydrogen-bond acceptors (Lipinski definition) is 6. The fraction of sp³-hybridized carbons (Fsp3) is 0.484. The number of ether oxygens (including phenoxy) is 1. The molecule has 41 heavy (non-hydrogen) atoms.